The van der Waals surface area contributed by atoms with Gasteiger partial charge in [-0.15, -0.1) is 0 Å². The fourth-order valence-corrected chi connectivity index (χ4v) is 1.75. The molecule has 0 aromatic carbocycles. The van der Waals surface area contributed by atoms with Crippen LogP contribution in [0.15, 0.2) is 0 Å². The van der Waals surface area contributed by atoms with Gasteiger partial charge in [0.05, 0.1) is 13.2 Å². The SMILES string of the molecule is [CH2]CCP(OCC)OCC. The molecule has 0 aliphatic heterocycles. The highest BCUT2D eigenvalue weighted by atomic mass is 31.2. The van der Waals surface area contributed by atoms with Crippen molar-refractivity contribution in [1.82, 2.24) is 0 Å². The van der Waals surface area contributed by atoms with Gasteiger partial charge in [0.25, 0.3) is 0 Å². The lowest BCUT2D eigenvalue weighted by Gasteiger charge is -2.13. The third kappa shape index (κ3) is 5.16. The van der Waals surface area contributed by atoms with Crippen molar-refractivity contribution in [3.05, 3.63) is 6.92 Å². The van der Waals surface area contributed by atoms with Crippen LogP contribution in [0.1, 0.15) is 20.3 Å². The van der Waals surface area contributed by atoms with Crippen molar-refractivity contribution >= 4 is 8.38 Å². The molecule has 1 radical (unpaired) electrons. The molecular weight excluding hydrogens is 147 g/mol. The van der Waals surface area contributed by atoms with E-state index in [9.17, 15) is 0 Å². The summed E-state index contributed by atoms with van der Waals surface area (Å²) in [7, 11) is -0.623. The standard InChI is InChI=1S/C7H16O2P/c1-4-7-10(8-5-2)9-6-3/h1,4-7H2,2-3H3. The lowest BCUT2D eigenvalue weighted by Crippen LogP contribution is -1.93. The minimum absolute atomic E-state index is 0.623. The first-order valence-electron chi connectivity index (χ1n) is 3.67. The van der Waals surface area contributed by atoms with Crippen LogP contribution in [0.5, 0.6) is 0 Å². The molecule has 0 aromatic rings. The molecule has 0 N–H and O–H groups in total. The zero-order valence-corrected chi connectivity index (χ0v) is 7.69. The largest absolute Gasteiger partial charge is 0.334 e. The van der Waals surface area contributed by atoms with Crippen LogP contribution in [0, 0.1) is 6.92 Å². The van der Waals surface area contributed by atoms with E-state index in [0.29, 0.717) is 0 Å². The summed E-state index contributed by atoms with van der Waals surface area (Å²) in [5.41, 5.74) is 0. The zero-order chi connectivity index (χ0) is 7.82. The maximum atomic E-state index is 5.33. The zero-order valence-electron chi connectivity index (χ0n) is 6.80. The second kappa shape index (κ2) is 7.46. The summed E-state index contributed by atoms with van der Waals surface area (Å²) in [4.78, 5) is 0. The quantitative estimate of drug-likeness (QED) is 0.560. The Labute approximate surface area is 64.8 Å². The van der Waals surface area contributed by atoms with Gasteiger partial charge in [-0.2, -0.15) is 0 Å². The average Bonchev–Trinajstić information content (AvgIpc) is 1.90. The summed E-state index contributed by atoms with van der Waals surface area (Å²) in [6.45, 7) is 9.20. The van der Waals surface area contributed by atoms with Crippen molar-refractivity contribution in [3.8, 4) is 0 Å². The predicted octanol–water partition coefficient (Wildman–Crippen LogP) is 2.60. The Balaban J connectivity index is 3.30. The molecule has 0 unspecified atom stereocenters. The molecule has 0 spiro atoms. The highest BCUT2D eigenvalue weighted by molar-refractivity contribution is 7.47. The maximum Gasteiger partial charge on any atom is 0.170 e. The lowest BCUT2D eigenvalue weighted by molar-refractivity contribution is 0.269. The molecule has 0 fully saturated rings. The summed E-state index contributed by atoms with van der Waals surface area (Å²) in [5.74, 6) is 0. The summed E-state index contributed by atoms with van der Waals surface area (Å²) < 4.78 is 10.7. The molecule has 2 nitrogen and oxygen atoms in total. The molecule has 0 atom stereocenters. The molecule has 3 heteroatoms. The minimum Gasteiger partial charge on any atom is -0.334 e. The maximum absolute atomic E-state index is 5.33. The van der Waals surface area contributed by atoms with Gasteiger partial charge >= 0.3 is 0 Å². The molecule has 0 heterocycles. The first-order valence-corrected chi connectivity index (χ1v) is 5.04. The average molecular weight is 163 g/mol. The summed E-state index contributed by atoms with van der Waals surface area (Å²) in [5, 5.41) is 0. The molecular formula is C7H16O2P. The van der Waals surface area contributed by atoms with Gasteiger partial charge in [-0.25, -0.2) is 0 Å². The fourth-order valence-electron chi connectivity index (χ4n) is 0.583. The van der Waals surface area contributed by atoms with E-state index in [1.807, 2.05) is 13.8 Å². The second-order valence-electron chi connectivity index (χ2n) is 1.75. The molecule has 0 aliphatic rings. The number of hydrogen-bond acceptors (Lipinski definition) is 2. The van der Waals surface area contributed by atoms with E-state index < -0.39 is 8.38 Å². The van der Waals surface area contributed by atoms with Crippen molar-refractivity contribution in [2.75, 3.05) is 19.4 Å². The van der Waals surface area contributed by atoms with Gasteiger partial charge in [0.15, 0.2) is 8.38 Å². The molecule has 0 saturated heterocycles. The van der Waals surface area contributed by atoms with Gasteiger partial charge < -0.3 is 9.05 Å². The van der Waals surface area contributed by atoms with Crippen LogP contribution in [0.25, 0.3) is 0 Å². The van der Waals surface area contributed by atoms with E-state index in [1.165, 1.54) is 0 Å². The van der Waals surface area contributed by atoms with Gasteiger partial charge in [0, 0.05) is 6.16 Å². The van der Waals surface area contributed by atoms with Crippen LogP contribution in [-0.2, 0) is 9.05 Å². The van der Waals surface area contributed by atoms with E-state index in [0.717, 1.165) is 25.8 Å². The topological polar surface area (TPSA) is 18.5 Å². The Morgan fingerprint density at radius 2 is 1.70 bits per heavy atom. The van der Waals surface area contributed by atoms with E-state index in [4.69, 9.17) is 9.05 Å². The van der Waals surface area contributed by atoms with Crippen LogP contribution < -0.4 is 0 Å². The summed E-state index contributed by atoms with van der Waals surface area (Å²) in [6, 6.07) is 0. The van der Waals surface area contributed by atoms with Crippen molar-refractivity contribution < 1.29 is 9.05 Å². The monoisotopic (exact) mass is 163 g/mol. The number of hydrogen-bond donors (Lipinski definition) is 0. The van der Waals surface area contributed by atoms with Crippen molar-refractivity contribution in [2.24, 2.45) is 0 Å². The van der Waals surface area contributed by atoms with Gasteiger partial charge in [-0.3, -0.25) is 0 Å². The normalized spacial score (nSPS) is 10.8. The van der Waals surface area contributed by atoms with Crippen LogP contribution in [0.3, 0.4) is 0 Å². The van der Waals surface area contributed by atoms with Crippen LogP contribution in [-0.4, -0.2) is 19.4 Å². The summed E-state index contributed by atoms with van der Waals surface area (Å²) >= 11 is 0. The molecule has 0 aromatic heterocycles. The first-order chi connectivity index (χ1) is 4.85. The number of rotatable bonds is 6. The molecule has 61 valence electrons. The smallest absolute Gasteiger partial charge is 0.170 e. The second-order valence-corrected chi connectivity index (χ2v) is 3.37. The van der Waals surface area contributed by atoms with Gasteiger partial charge in [-0.1, -0.05) is 6.92 Å². The van der Waals surface area contributed by atoms with E-state index >= 15 is 0 Å². The molecule has 0 aliphatic carbocycles. The Hall–Kier alpha value is 0.350. The molecule has 10 heavy (non-hydrogen) atoms. The van der Waals surface area contributed by atoms with Gasteiger partial charge in [0.1, 0.15) is 0 Å². The molecule has 0 amide bonds. The fraction of sp³-hybridized carbons (Fsp3) is 0.857. The molecule has 0 rings (SSSR count). The first kappa shape index (κ1) is 10.3. The van der Waals surface area contributed by atoms with Gasteiger partial charge in [-0.05, 0) is 20.3 Å². The van der Waals surface area contributed by atoms with Crippen molar-refractivity contribution in [3.63, 3.8) is 0 Å². The molecule has 0 saturated carbocycles. The highest BCUT2D eigenvalue weighted by Gasteiger charge is 2.05. The molecule has 0 bridgehead atoms. The highest BCUT2D eigenvalue weighted by Crippen LogP contribution is 2.38. The Bertz CT molecular complexity index is 54.4. The van der Waals surface area contributed by atoms with Crippen molar-refractivity contribution in [2.45, 2.75) is 20.3 Å². The lowest BCUT2D eigenvalue weighted by atomic mass is 10.6. The van der Waals surface area contributed by atoms with E-state index in [1.54, 1.807) is 0 Å². The van der Waals surface area contributed by atoms with Crippen LogP contribution in [0.4, 0.5) is 0 Å². The van der Waals surface area contributed by atoms with Crippen LogP contribution in [0.2, 0.25) is 0 Å². The minimum atomic E-state index is -0.623. The third-order valence-corrected chi connectivity index (χ3v) is 2.66. The Kier molecular flexibility index (Phi) is 7.72. The van der Waals surface area contributed by atoms with Gasteiger partial charge in [0.2, 0.25) is 0 Å². The Morgan fingerprint density at radius 3 is 2.00 bits per heavy atom. The third-order valence-electron chi connectivity index (χ3n) is 0.887. The van der Waals surface area contributed by atoms with E-state index in [2.05, 4.69) is 6.92 Å². The Morgan fingerprint density at radius 1 is 1.20 bits per heavy atom. The van der Waals surface area contributed by atoms with E-state index in [-0.39, 0.29) is 0 Å². The van der Waals surface area contributed by atoms with Crippen LogP contribution >= 0.6 is 8.38 Å². The summed E-state index contributed by atoms with van der Waals surface area (Å²) in [6.07, 6.45) is 1.85. The van der Waals surface area contributed by atoms with Crippen molar-refractivity contribution in [1.29, 1.82) is 0 Å². The predicted molar refractivity (Wildman–Crippen MR) is 45.0 cm³/mol.